The van der Waals surface area contributed by atoms with Crippen molar-refractivity contribution in [2.45, 2.75) is 5.16 Å². The van der Waals surface area contributed by atoms with E-state index in [1.165, 1.54) is 11.8 Å². The number of nitrogens with one attached hydrogen (secondary N) is 2. The summed E-state index contributed by atoms with van der Waals surface area (Å²) in [6.07, 6.45) is 0. The van der Waals surface area contributed by atoms with E-state index in [9.17, 15) is 4.79 Å². The third kappa shape index (κ3) is 6.01. The normalized spacial score (nSPS) is 13.6. The molecule has 32 heavy (non-hydrogen) atoms. The van der Waals surface area contributed by atoms with Crippen molar-refractivity contribution in [1.29, 1.82) is 0 Å². The molecule has 1 aliphatic heterocycles. The average Bonchev–Trinajstić information content (AvgIpc) is 2.82. The second kappa shape index (κ2) is 10.8. The van der Waals surface area contributed by atoms with Crippen molar-refractivity contribution in [2.75, 3.05) is 47.6 Å². The lowest BCUT2D eigenvalue weighted by atomic mass is 10.3. The monoisotopic (exact) mass is 490 g/mol. The van der Waals surface area contributed by atoms with E-state index in [0.29, 0.717) is 59.1 Å². The number of benzene rings is 2. The molecule has 2 heterocycles. The Bertz CT molecular complexity index is 1080. The second-order valence-electron chi connectivity index (χ2n) is 6.77. The smallest absolute Gasteiger partial charge is 0.234 e. The highest BCUT2D eigenvalue weighted by atomic mass is 35.5. The lowest BCUT2D eigenvalue weighted by molar-refractivity contribution is -0.113. The molecule has 1 saturated heterocycles. The number of para-hydroxylation sites is 1. The fraction of sp³-hybridized carbons (Fsp3) is 0.238. The van der Waals surface area contributed by atoms with E-state index in [-0.39, 0.29) is 11.7 Å². The predicted octanol–water partition coefficient (Wildman–Crippen LogP) is 4.49. The molecule has 0 unspecified atom stereocenters. The van der Waals surface area contributed by atoms with Gasteiger partial charge in [-0.3, -0.25) is 4.79 Å². The molecule has 0 radical (unpaired) electrons. The van der Waals surface area contributed by atoms with Gasteiger partial charge in [-0.2, -0.15) is 15.0 Å². The van der Waals surface area contributed by atoms with Crippen molar-refractivity contribution >= 4 is 64.1 Å². The van der Waals surface area contributed by atoms with Gasteiger partial charge in [-0.15, -0.1) is 0 Å². The lowest BCUT2D eigenvalue weighted by Crippen LogP contribution is -2.37. The van der Waals surface area contributed by atoms with E-state index < -0.39 is 0 Å². The second-order valence-corrected chi connectivity index (χ2v) is 8.50. The first kappa shape index (κ1) is 22.6. The summed E-state index contributed by atoms with van der Waals surface area (Å²) < 4.78 is 5.42. The summed E-state index contributed by atoms with van der Waals surface area (Å²) in [6, 6.07) is 14.7. The summed E-state index contributed by atoms with van der Waals surface area (Å²) in [5, 5.41) is 7.08. The number of rotatable bonds is 7. The first-order chi connectivity index (χ1) is 15.6. The highest BCUT2D eigenvalue weighted by Gasteiger charge is 2.18. The fourth-order valence-corrected chi connectivity index (χ4v) is 3.92. The van der Waals surface area contributed by atoms with Crippen LogP contribution >= 0.6 is 35.0 Å². The highest BCUT2D eigenvalue weighted by Crippen LogP contribution is 2.30. The van der Waals surface area contributed by atoms with E-state index in [1.54, 1.807) is 18.2 Å². The molecule has 0 bridgehead atoms. The van der Waals surface area contributed by atoms with Gasteiger partial charge in [0.1, 0.15) is 0 Å². The summed E-state index contributed by atoms with van der Waals surface area (Å²) in [6.45, 7) is 2.59. The molecule has 0 atom stereocenters. The molecule has 0 spiro atoms. The summed E-state index contributed by atoms with van der Waals surface area (Å²) in [7, 11) is 0. The van der Waals surface area contributed by atoms with E-state index in [2.05, 4.69) is 25.6 Å². The molecule has 11 heteroatoms. The molecule has 2 N–H and O–H groups in total. The molecule has 0 saturated carbocycles. The maximum atomic E-state index is 12.5. The first-order valence-electron chi connectivity index (χ1n) is 9.86. The number of halogens is 2. The van der Waals surface area contributed by atoms with Gasteiger partial charge in [0.2, 0.25) is 17.8 Å². The largest absolute Gasteiger partial charge is 0.378 e. The van der Waals surface area contributed by atoms with Crippen LogP contribution < -0.4 is 15.5 Å². The van der Waals surface area contributed by atoms with Gasteiger partial charge in [-0.1, -0.05) is 59.2 Å². The Morgan fingerprint density at radius 2 is 1.81 bits per heavy atom. The van der Waals surface area contributed by atoms with E-state index in [1.807, 2.05) is 35.2 Å². The van der Waals surface area contributed by atoms with Gasteiger partial charge in [0.05, 0.1) is 34.7 Å². The van der Waals surface area contributed by atoms with Gasteiger partial charge in [0, 0.05) is 18.8 Å². The van der Waals surface area contributed by atoms with Gasteiger partial charge in [0.15, 0.2) is 5.16 Å². The van der Waals surface area contributed by atoms with Crippen molar-refractivity contribution in [1.82, 2.24) is 15.0 Å². The quantitative estimate of drug-likeness (QED) is 0.468. The van der Waals surface area contributed by atoms with Gasteiger partial charge in [-0.05, 0) is 24.3 Å². The summed E-state index contributed by atoms with van der Waals surface area (Å²) in [4.78, 5) is 28.1. The van der Waals surface area contributed by atoms with Gasteiger partial charge in [0.25, 0.3) is 0 Å². The highest BCUT2D eigenvalue weighted by molar-refractivity contribution is 7.99. The maximum Gasteiger partial charge on any atom is 0.234 e. The number of anilines is 4. The number of carbonyl (C=O) groups excluding carboxylic acids is 1. The number of amides is 1. The number of carbonyl (C=O) groups is 1. The Labute approximate surface area is 199 Å². The van der Waals surface area contributed by atoms with Crippen LogP contribution in [0.1, 0.15) is 0 Å². The molecule has 8 nitrogen and oxygen atoms in total. The minimum atomic E-state index is -0.245. The number of thioether (sulfide) groups is 1. The van der Waals surface area contributed by atoms with Crippen molar-refractivity contribution in [2.24, 2.45) is 0 Å². The van der Waals surface area contributed by atoms with Crippen molar-refractivity contribution in [3.8, 4) is 0 Å². The number of ether oxygens (including phenoxy) is 1. The van der Waals surface area contributed by atoms with Crippen LogP contribution in [0.25, 0.3) is 0 Å². The third-order valence-electron chi connectivity index (χ3n) is 4.48. The maximum absolute atomic E-state index is 12.5. The third-order valence-corrected chi connectivity index (χ3v) is 6.15. The zero-order valence-electron chi connectivity index (χ0n) is 16.9. The van der Waals surface area contributed by atoms with Gasteiger partial charge >= 0.3 is 0 Å². The zero-order valence-corrected chi connectivity index (χ0v) is 19.3. The fourth-order valence-electron chi connectivity index (χ4n) is 2.94. The summed E-state index contributed by atoms with van der Waals surface area (Å²) in [5.74, 6) is 0.807. The standard InChI is InChI=1S/C21H20Cl2N6O2S/c22-15-7-4-8-16(18(15)23)25-17(30)13-32-21-27-19(24-14-5-2-1-3-6-14)26-20(28-21)29-9-11-31-12-10-29/h1-8H,9-13H2,(H,25,30)(H,24,26,27,28). The topological polar surface area (TPSA) is 92.3 Å². The Balaban J connectivity index is 1.49. The number of morpholine rings is 1. The minimum absolute atomic E-state index is 0.0974. The number of nitrogens with zero attached hydrogens (tertiary/aromatic N) is 4. The minimum Gasteiger partial charge on any atom is -0.378 e. The van der Waals surface area contributed by atoms with Crippen LogP contribution in [0, 0.1) is 0 Å². The SMILES string of the molecule is O=C(CSc1nc(Nc2ccccc2)nc(N2CCOCC2)n1)Nc1cccc(Cl)c1Cl. The lowest BCUT2D eigenvalue weighted by Gasteiger charge is -2.27. The molecule has 1 amide bonds. The van der Waals surface area contributed by atoms with Crippen LogP contribution in [0.5, 0.6) is 0 Å². The molecule has 0 aliphatic carbocycles. The number of aromatic nitrogens is 3. The molecule has 1 aromatic heterocycles. The van der Waals surface area contributed by atoms with Crippen LogP contribution in [0.4, 0.5) is 23.3 Å². The van der Waals surface area contributed by atoms with E-state index in [4.69, 9.17) is 27.9 Å². The summed E-state index contributed by atoms with van der Waals surface area (Å²) >= 11 is 13.4. The van der Waals surface area contributed by atoms with Crippen LogP contribution in [0.3, 0.4) is 0 Å². The Hall–Kier alpha value is -2.59. The Morgan fingerprint density at radius 3 is 2.59 bits per heavy atom. The number of hydrogen-bond acceptors (Lipinski definition) is 8. The van der Waals surface area contributed by atoms with Crippen molar-refractivity contribution in [3.63, 3.8) is 0 Å². The summed E-state index contributed by atoms with van der Waals surface area (Å²) in [5.41, 5.74) is 1.32. The molecule has 166 valence electrons. The van der Waals surface area contributed by atoms with Crippen LogP contribution in [0.2, 0.25) is 10.0 Å². The Kier molecular flexibility index (Phi) is 7.64. The predicted molar refractivity (Wildman–Crippen MR) is 128 cm³/mol. The number of hydrogen-bond donors (Lipinski definition) is 2. The van der Waals surface area contributed by atoms with Crippen molar-refractivity contribution in [3.05, 3.63) is 58.6 Å². The molecule has 4 rings (SSSR count). The van der Waals surface area contributed by atoms with Crippen LogP contribution in [-0.4, -0.2) is 52.9 Å². The molecular formula is C21H20Cl2N6O2S. The van der Waals surface area contributed by atoms with Crippen LogP contribution in [0.15, 0.2) is 53.7 Å². The van der Waals surface area contributed by atoms with E-state index >= 15 is 0 Å². The average molecular weight is 491 g/mol. The molecule has 3 aromatic rings. The molecular weight excluding hydrogens is 471 g/mol. The molecule has 1 aliphatic rings. The zero-order chi connectivity index (χ0) is 22.3. The van der Waals surface area contributed by atoms with E-state index in [0.717, 1.165) is 5.69 Å². The first-order valence-corrected chi connectivity index (χ1v) is 11.6. The molecule has 1 fully saturated rings. The van der Waals surface area contributed by atoms with Crippen LogP contribution in [-0.2, 0) is 9.53 Å². The van der Waals surface area contributed by atoms with Gasteiger partial charge < -0.3 is 20.3 Å². The van der Waals surface area contributed by atoms with Crippen molar-refractivity contribution < 1.29 is 9.53 Å². The van der Waals surface area contributed by atoms with Gasteiger partial charge in [-0.25, -0.2) is 0 Å². The Morgan fingerprint density at radius 1 is 1.03 bits per heavy atom. The molecule has 2 aromatic carbocycles.